The van der Waals surface area contributed by atoms with E-state index < -0.39 is 0 Å². The summed E-state index contributed by atoms with van der Waals surface area (Å²) in [6.07, 6.45) is 0.745. The molecule has 0 amide bonds. The molecule has 0 fully saturated rings. The molecule has 1 rings (SSSR count). The first-order valence-electron chi connectivity index (χ1n) is 5.00. The second kappa shape index (κ2) is 5.39. The molecule has 16 heavy (non-hydrogen) atoms. The number of benzene rings is 1. The number of methoxy groups -OCH3 is 2. The van der Waals surface area contributed by atoms with Gasteiger partial charge in [-0.05, 0) is 26.0 Å². The highest BCUT2D eigenvalue weighted by molar-refractivity contribution is 5.78. The summed E-state index contributed by atoms with van der Waals surface area (Å²) in [5.74, 6) is 1.51. The molecular formula is C12H16O4. The number of aldehydes is 1. The number of carbonyl (C=O) groups is 1. The first-order chi connectivity index (χ1) is 7.62. The first-order valence-corrected chi connectivity index (χ1v) is 5.00. The average Bonchev–Trinajstić information content (AvgIpc) is 2.28. The van der Waals surface area contributed by atoms with E-state index >= 15 is 0 Å². The van der Waals surface area contributed by atoms with Crippen LogP contribution < -0.4 is 14.2 Å². The highest BCUT2D eigenvalue weighted by atomic mass is 16.5. The van der Waals surface area contributed by atoms with E-state index in [1.165, 1.54) is 14.2 Å². The number of hydrogen-bond donors (Lipinski definition) is 0. The SMILES string of the molecule is COc1cc(C=O)cc(OC)c1OC(C)C. The molecule has 0 bridgehead atoms. The van der Waals surface area contributed by atoms with Gasteiger partial charge in [-0.3, -0.25) is 4.79 Å². The number of carbonyl (C=O) groups excluding carboxylic acids is 1. The van der Waals surface area contributed by atoms with Gasteiger partial charge in [0.05, 0.1) is 20.3 Å². The maximum absolute atomic E-state index is 10.7. The van der Waals surface area contributed by atoms with E-state index in [2.05, 4.69) is 0 Å². The van der Waals surface area contributed by atoms with Crippen molar-refractivity contribution in [2.45, 2.75) is 20.0 Å². The maximum Gasteiger partial charge on any atom is 0.203 e. The number of rotatable bonds is 5. The van der Waals surface area contributed by atoms with Gasteiger partial charge in [0.25, 0.3) is 0 Å². The minimum atomic E-state index is 0.00452. The van der Waals surface area contributed by atoms with Crippen molar-refractivity contribution >= 4 is 6.29 Å². The zero-order chi connectivity index (χ0) is 12.1. The summed E-state index contributed by atoms with van der Waals surface area (Å²) in [6, 6.07) is 3.24. The predicted molar refractivity (Wildman–Crippen MR) is 60.7 cm³/mol. The van der Waals surface area contributed by atoms with E-state index in [-0.39, 0.29) is 6.10 Å². The molecule has 0 saturated carbocycles. The Kier molecular flexibility index (Phi) is 4.17. The minimum absolute atomic E-state index is 0.00452. The van der Waals surface area contributed by atoms with Crippen molar-refractivity contribution in [3.63, 3.8) is 0 Å². The molecule has 0 aliphatic rings. The molecule has 0 atom stereocenters. The lowest BCUT2D eigenvalue weighted by Gasteiger charge is -2.16. The van der Waals surface area contributed by atoms with Crippen LogP contribution in [-0.4, -0.2) is 26.6 Å². The standard InChI is InChI=1S/C12H16O4/c1-8(2)16-12-10(14-3)5-9(7-13)6-11(12)15-4/h5-8H,1-4H3. The van der Waals surface area contributed by atoms with Crippen LogP contribution in [0.25, 0.3) is 0 Å². The van der Waals surface area contributed by atoms with Crippen LogP contribution >= 0.6 is 0 Å². The van der Waals surface area contributed by atoms with Gasteiger partial charge in [0.1, 0.15) is 6.29 Å². The summed E-state index contributed by atoms with van der Waals surface area (Å²) in [5.41, 5.74) is 0.491. The van der Waals surface area contributed by atoms with Crippen molar-refractivity contribution in [3.05, 3.63) is 17.7 Å². The van der Waals surface area contributed by atoms with Gasteiger partial charge in [-0.15, -0.1) is 0 Å². The Morgan fingerprint density at radius 2 is 1.62 bits per heavy atom. The third kappa shape index (κ3) is 2.66. The van der Waals surface area contributed by atoms with E-state index in [0.717, 1.165) is 6.29 Å². The summed E-state index contributed by atoms with van der Waals surface area (Å²) in [7, 11) is 3.05. The fourth-order valence-corrected chi connectivity index (χ4v) is 1.32. The van der Waals surface area contributed by atoms with E-state index in [1.807, 2.05) is 13.8 Å². The topological polar surface area (TPSA) is 44.8 Å². The van der Waals surface area contributed by atoms with Gasteiger partial charge >= 0.3 is 0 Å². The van der Waals surface area contributed by atoms with Crippen LogP contribution in [0.2, 0.25) is 0 Å². The lowest BCUT2D eigenvalue weighted by atomic mass is 10.2. The quantitative estimate of drug-likeness (QED) is 0.720. The van der Waals surface area contributed by atoms with E-state index in [4.69, 9.17) is 14.2 Å². The van der Waals surface area contributed by atoms with Crippen LogP contribution in [0.1, 0.15) is 24.2 Å². The molecule has 0 unspecified atom stereocenters. The molecule has 0 N–H and O–H groups in total. The molecule has 0 saturated heterocycles. The van der Waals surface area contributed by atoms with E-state index in [1.54, 1.807) is 12.1 Å². The second-order valence-corrected chi connectivity index (χ2v) is 3.54. The van der Waals surface area contributed by atoms with Gasteiger partial charge < -0.3 is 14.2 Å². The van der Waals surface area contributed by atoms with Gasteiger partial charge in [0.2, 0.25) is 5.75 Å². The molecule has 0 aromatic heterocycles. The molecule has 4 heteroatoms. The lowest BCUT2D eigenvalue weighted by molar-refractivity contribution is 0.112. The van der Waals surface area contributed by atoms with Gasteiger partial charge in [0.15, 0.2) is 11.5 Å². The molecule has 88 valence electrons. The zero-order valence-electron chi connectivity index (χ0n) is 9.94. The van der Waals surface area contributed by atoms with Crippen LogP contribution in [0.4, 0.5) is 0 Å². The first kappa shape index (κ1) is 12.4. The molecule has 0 heterocycles. The minimum Gasteiger partial charge on any atom is -0.493 e. The van der Waals surface area contributed by atoms with Crippen LogP contribution in [0.3, 0.4) is 0 Å². The highest BCUT2D eigenvalue weighted by Gasteiger charge is 2.15. The molecule has 0 aliphatic carbocycles. The smallest absolute Gasteiger partial charge is 0.203 e. The van der Waals surface area contributed by atoms with Gasteiger partial charge in [-0.25, -0.2) is 0 Å². The lowest BCUT2D eigenvalue weighted by Crippen LogP contribution is -2.08. The van der Waals surface area contributed by atoms with Gasteiger partial charge in [-0.2, -0.15) is 0 Å². The fraction of sp³-hybridized carbons (Fsp3) is 0.417. The molecule has 4 nitrogen and oxygen atoms in total. The Bertz CT molecular complexity index is 346. The largest absolute Gasteiger partial charge is 0.493 e. The fourth-order valence-electron chi connectivity index (χ4n) is 1.32. The van der Waals surface area contributed by atoms with Crippen molar-refractivity contribution < 1.29 is 19.0 Å². The summed E-state index contributed by atoms with van der Waals surface area (Å²) < 4.78 is 15.9. The Morgan fingerprint density at radius 1 is 1.12 bits per heavy atom. The highest BCUT2D eigenvalue weighted by Crippen LogP contribution is 2.38. The summed E-state index contributed by atoms with van der Waals surface area (Å²) in [5, 5.41) is 0. The molecule has 1 aromatic rings. The Labute approximate surface area is 95.1 Å². The van der Waals surface area contributed by atoms with Crippen molar-refractivity contribution in [2.24, 2.45) is 0 Å². The van der Waals surface area contributed by atoms with Crippen molar-refractivity contribution in [2.75, 3.05) is 14.2 Å². The number of ether oxygens (including phenoxy) is 3. The summed E-state index contributed by atoms with van der Waals surface area (Å²) in [6.45, 7) is 3.82. The summed E-state index contributed by atoms with van der Waals surface area (Å²) in [4.78, 5) is 10.7. The van der Waals surface area contributed by atoms with Gasteiger partial charge in [-0.1, -0.05) is 0 Å². The van der Waals surface area contributed by atoms with Crippen LogP contribution in [0.5, 0.6) is 17.2 Å². The number of hydrogen-bond acceptors (Lipinski definition) is 4. The van der Waals surface area contributed by atoms with Crippen LogP contribution in [0.15, 0.2) is 12.1 Å². The van der Waals surface area contributed by atoms with Crippen molar-refractivity contribution in [3.8, 4) is 17.2 Å². The Hall–Kier alpha value is -1.71. The third-order valence-electron chi connectivity index (χ3n) is 1.97. The van der Waals surface area contributed by atoms with E-state index in [0.29, 0.717) is 22.8 Å². The monoisotopic (exact) mass is 224 g/mol. The molecular weight excluding hydrogens is 208 g/mol. The second-order valence-electron chi connectivity index (χ2n) is 3.54. The van der Waals surface area contributed by atoms with Crippen molar-refractivity contribution in [1.29, 1.82) is 0 Å². The van der Waals surface area contributed by atoms with E-state index in [9.17, 15) is 4.79 Å². The Morgan fingerprint density at radius 3 is 1.94 bits per heavy atom. The van der Waals surface area contributed by atoms with Crippen LogP contribution in [-0.2, 0) is 0 Å². The molecule has 0 aliphatic heterocycles. The third-order valence-corrected chi connectivity index (χ3v) is 1.97. The average molecular weight is 224 g/mol. The van der Waals surface area contributed by atoms with Crippen LogP contribution in [0, 0.1) is 0 Å². The van der Waals surface area contributed by atoms with Gasteiger partial charge in [0, 0.05) is 5.56 Å². The van der Waals surface area contributed by atoms with Crippen molar-refractivity contribution in [1.82, 2.24) is 0 Å². The summed E-state index contributed by atoms with van der Waals surface area (Å²) >= 11 is 0. The predicted octanol–water partition coefficient (Wildman–Crippen LogP) is 2.30. The normalized spacial score (nSPS) is 10.1. The molecule has 0 spiro atoms. The molecule has 0 radical (unpaired) electrons. The maximum atomic E-state index is 10.7. The Balaban J connectivity index is 3.25. The molecule has 1 aromatic carbocycles. The zero-order valence-corrected chi connectivity index (χ0v) is 9.94.